The van der Waals surface area contributed by atoms with Gasteiger partial charge in [0.15, 0.2) is 0 Å². The van der Waals surface area contributed by atoms with Crippen molar-refractivity contribution in [3.05, 3.63) is 35.4 Å². The van der Waals surface area contributed by atoms with Crippen LogP contribution in [0.2, 0.25) is 0 Å². The summed E-state index contributed by atoms with van der Waals surface area (Å²) < 4.78 is 0.281. The molecule has 0 aliphatic rings. The summed E-state index contributed by atoms with van der Waals surface area (Å²) in [6.45, 7) is 6.84. The van der Waals surface area contributed by atoms with Crippen molar-refractivity contribution in [3.63, 3.8) is 0 Å². The van der Waals surface area contributed by atoms with Crippen molar-refractivity contribution < 1.29 is 0 Å². The first-order valence-electron chi connectivity index (χ1n) is 5.81. The second-order valence-electron chi connectivity index (χ2n) is 4.24. The molecule has 0 saturated carbocycles. The number of hydrogen-bond acceptors (Lipinski definition) is 1. The van der Waals surface area contributed by atoms with Crippen LogP contribution in [0.15, 0.2) is 24.3 Å². The Morgan fingerprint density at radius 3 is 2.53 bits per heavy atom. The molecule has 0 amide bonds. The molecule has 0 aromatic heterocycles. The van der Waals surface area contributed by atoms with E-state index in [1.165, 1.54) is 30.4 Å². The molecule has 0 aliphatic carbocycles. The van der Waals surface area contributed by atoms with Crippen LogP contribution in [0.1, 0.15) is 44.7 Å². The van der Waals surface area contributed by atoms with Crippen molar-refractivity contribution in [2.24, 2.45) is 0 Å². The van der Waals surface area contributed by atoms with Crippen LogP contribution in [-0.2, 0) is 11.2 Å². The Balaban J connectivity index is 2.98. The van der Waals surface area contributed by atoms with E-state index in [2.05, 4.69) is 51.3 Å². The van der Waals surface area contributed by atoms with E-state index in [1.54, 1.807) is 0 Å². The van der Waals surface area contributed by atoms with E-state index in [0.717, 1.165) is 0 Å². The van der Waals surface area contributed by atoms with Crippen molar-refractivity contribution >= 4 is 11.8 Å². The standard InChI is InChI=1S/C14H22S/c1-5-8-12-9-7-10-13(11-12)14(3,6-2)15-4/h7,9-11H,5-6,8H2,1-4H3. The maximum atomic E-state index is 2.38. The van der Waals surface area contributed by atoms with E-state index in [4.69, 9.17) is 0 Å². The second-order valence-corrected chi connectivity index (χ2v) is 5.55. The summed E-state index contributed by atoms with van der Waals surface area (Å²) in [5, 5.41) is 0. The first-order chi connectivity index (χ1) is 7.16. The molecule has 1 unspecified atom stereocenters. The third-order valence-corrected chi connectivity index (χ3v) is 4.63. The average Bonchev–Trinajstić information content (AvgIpc) is 2.29. The van der Waals surface area contributed by atoms with Crippen molar-refractivity contribution in [3.8, 4) is 0 Å². The summed E-state index contributed by atoms with van der Waals surface area (Å²) in [4.78, 5) is 0. The Labute approximate surface area is 98.5 Å². The summed E-state index contributed by atoms with van der Waals surface area (Å²) >= 11 is 1.95. The molecule has 0 spiro atoms. The Morgan fingerprint density at radius 1 is 1.27 bits per heavy atom. The maximum Gasteiger partial charge on any atom is 0.0375 e. The Morgan fingerprint density at radius 2 is 2.00 bits per heavy atom. The van der Waals surface area contributed by atoms with Gasteiger partial charge >= 0.3 is 0 Å². The average molecular weight is 222 g/mol. The van der Waals surface area contributed by atoms with Gasteiger partial charge in [0.1, 0.15) is 0 Å². The predicted molar refractivity (Wildman–Crippen MR) is 71.6 cm³/mol. The molecule has 0 fully saturated rings. The summed E-state index contributed by atoms with van der Waals surface area (Å²) in [6.07, 6.45) is 5.81. The third kappa shape index (κ3) is 3.01. The molecule has 1 atom stereocenters. The van der Waals surface area contributed by atoms with Gasteiger partial charge in [-0.2, -0.15) is 11.8 Å². The molecule has 0 saturated heterocycles. The summed E-state index contributed by atoms with van der Waals surface area (Å²) in [7, 11) is 0. The van der Waals surface area contributed by atoms with Crippen LogP contribution in [0.3, 0.4) is 0 Å². The highest BCUT2D eigenvalue weighted by molar-refractivity contribution is 7.99. The zero-order chi connectivity index (χ0) is 11.3. The smallest absolute Gasteiger partial charge is 0.0375 e. The zero-order valence-corrected chi connectivity index (χ0v) is 11.2. The second kappa shape index (κ2) is 5.60. The van der Waals surface area contributed by atoms with E-state index in [0.29, 0.717) is 0 Å². The van der Waals surface area contributed by atoms with Gasteiger partial charge in [0.2, 0.25) is 0 Å². The minimum atomic E-state index is 0.281. The lowest BCUT2D eigenvalue weighted by Crippen LogP contribution is -2.15. The van der Waals surface area contributed by atoms with Crippen LogP contribution in [0.25, 0.3) is 0 Å². The number of rotatable bonds is 5. The lowest BCUT2D eigenvalue weighted by atomic mass is 9.95. The maximum absolute atomic E-state index is 2.38. The van der Waals surface area contributed by atoms with Crippen LogP contribution in [0, 0.1) is 0 Å². The van der Waals surface area contributed by atoms with E-state index >= 15 is 0 Å². The molecule has 0 aliphatic heterocycles. The molecular weight excluding hydrogens is 200 g/mol. The number of hydrogen-bond donors (Lipinski definition) is 0. The molecule has 1 rings (SSSR count). The first kappa shape index (κ1) is 12.6. The number of aryl methyl sites for hydroxylation is 1. The fourth-order valence-corrected chi connectivity index (χ4v) is 2.46. The van der Waals surface area contributed by atoms with Crippen molar-refractivity contribution in [2.45, 2.75) is 44.8 Å². The van der Waals surface area contributed by atoms with E-state index in [1.807, 2.05) is 11.8 Å². The molecule has 0 nitrogen and oxygen atoms in total. The van der Waals surface area contributed by atoms with Crippen molar-refractivity contribution in [1.29, 1.82) is 0 Å². The SMILES string of the molecule is CCCc1cccc(C(C)(CC)SC)c1. The molecule has 0 heterocycles. The van der Waals surface area contributed by atoms with Gasteiger partial charge in [0, 0.05) is 4.75 Å². The van der Waals surface area contributed by atoms with Crippen LogP contribution in [0.4, 0.5) is 0 Å². The molecule has 1 heteroatoms. The highest BCUT2D eigenvalue weighted by Crippen LogP contribution is 2.37. The highest BCUT2D eigenvalue weighted by atomic mass is 32.2. The fraction of sp³-hybridized carbons (Fsp3) is 0.571. The molecule has 0 bridgehead atoms. The Bertz CT molecular complexity index is 300. The summed E-state index contributed by atoms with van der Waals surface area (Å²) in [5.41, 5.74) is 2.95. The van der Waals surface area contributed by atoms with Crippen LogP contribution < -0.4 is 0 Å². The monoisotopic (exact) mass is 222 g/mol. The normalized spacial score (nSPS) is 14.9. The van der Waals surface area contributed by atoms with Crippen molar-refractivity contribution in [1.82, 2.24) is 0 Å². The van der Waals surface area contributed by atoms with Crippen LogP contribution >= 0.6 is 11.8 Å². The predicted octanol–water partition coefficient (Wildman–Crippen LogP) is 4.63. The van der Waals surface area contributed by atoms with Gasteiger partial charge in [0.25, 0.3) is 0 Å². The van der Waals surface area contributed by atoms with Gasteiger partial charge in [-0.05, 0) is 37.1 Å². The van der Waals surface area contributed by atoms with Crippen LogP contribution in [0.5, 0.6) is 0 Å². The highest BCUT2D eigenvalue weighted by Gasteiger charge is 2.22. The molecule has 0 radical (unpaired) electrons. The quantitative estimate of drug-likeness (QED) is 0.700. The molecule has 84 valence electrons. The number of benzene rings is 1. The van der Waals surface area contributed by atoms with Gasteiger partial charge in [-0.15, -0.1) is 0 Å². The van der Waals surface area contributed by atoms with E-state index in [-0.39, 0.29) is 4.75 Å². The molecule has 1 aromatic rings. The van der Waals surface area contributed by atoms with Gasteiger partial charge in [-0.25, -0.2) is 0 Å². The summed E-state index contributed by atoms with van der Waals surface area (Å²) in [5.74, 6) is 0. The molecule has 15 heavy (non-hydrogen) atoms. The lowest BCUT2D eigenvalue weighted by molar-refractivity contribution is 0.665. The van der Waals surface area contributed by atoms with Gasteiger partial charge in [0.05, 0.1) is 0 Å². The topological polar surface area (TPSA) is 0 Å². The van der Waals surface area contributed by atoms with E-state index < -0.39 is 0 Å². The fourth-order valence-electron chi connectivity index (χ4n) is 1.81. The van der Waals surface area contributed by atoms with Gasteiger partial charge < -0.3 is 0 Å². The van der Waals surface area contributed by atoms with E-state index in [9.17, 15) is 0 Å². The number of thioether (sulfide) groups is 1. The van der Waals surface area contributed by atoms with Crippen molar-refractivity contribution in [2.75, 3.05) is 6.26 Å². The molecular formula is C14H22S. The van der Waals surface area contributed by atoms with Gasteiger partial charge in [-0.1, -0.05) is 44.5 Å². The molecule has 1 aromatic carbocycles. The Hall–Kier alpha value is -0.430. The largest absolute Gasteiger partial charge is 0.154 e. The Kier molecular flexibility index (Phi) is 4.72. The summed E-state index contributed by atoms with van der Waals surface area (Å²) in [6, 6.07) is 9.08. The minimum Gasteiger partial charge on any atom is -0.154 e. The zero-order valence-electron chi connectivity index (χ0n) is 10.3. The van der Waals surface area contributed by atoms with Gasteiger partial charge in [-0.3, -0.25) is 0 Å². The first-order valence-corrected chi connectivity index (χ1v) is 7.03. The lowest BCUT2D eigenvalue weighted by Gasteiger charge is -2.27. The third-order valence-electron chi connectivity index (χ3n) is 3.20. The molecule has 0 N–H and O–H groups in total. The minimum absolute atomic E-state index is 0.281. The van der Waals surface area contributed by atoms with Crippen LogP contribution in [-0.4, -0.2) is 6.26 Å².